The van der Waals surface area contributed by atoms with Crippen LogP contribution in [0.1, 0.15) is 24.8 Å². The Morgan fingerprint density at radius 1 is 0.879 bits per heavy atom. The molecule has 0 saturated heterocycles. The zero-order chi connectivity index (χ0) is 24.1. The largest absolute Gasteiger partial charge is 0.497 e. The second-order valence-corrected chi connectivity index (χ2v) is 7.22. The van der Waals surface area contributed by atoms with Crippen LogP contribution in [0.2, 0.25) is 0 Å². The molecule has 3 amide bonds. The third-order valence-corrected chi connectivity index (χ3v) is 4.72. The van der Waals surface area contributed by atoms with Gasteiger partial charge < -0.3 is 25.0 Å². The Labute approximate surface area is 193 Å². The van der Waals surface area contributed by atoms with Crippen molar-refractivity contribution in [1.29, 1.82) is 0 Å². The van der Waals surface area contributed by atoms with E-state index in [0.29, 0.717) is 17.9 Å². The second-order valence-electron chi connectivity index (χ2n) is 7.22. The van der Waals surface area contributed by atoms with Crippen molar-refractivity contribution in [2.45, 2.75) is 25.8 Å². The molecule has 0 saturated carbocycles. The summed E-state index contributed by atoms with van der Waals surface area (Å²) in [6.45, 7) is -0.203. The zero-order valence-electron chi connectivity index (χ0n) is 18.8. The Bertz CT molecular complexity index is 931. The summed E-state index contributed by atoms with van der Waals surface area (Å²) in [5.41, 5.74) is 1.44. The van der Waals surface area contributed by atoms with Gasteiger partial charge in [-0.3, -0.25) is 19.2 Å². The zero-order valence-corrected chi connectivity index (χ0v) is 18.8. The third kappa shape index (κ3) is 9.42. The summed E-state index contributed by atoms with van der Waals surface area (Å²) in [5, 5.41) is 5.21. The molecule has 2 rings (SSSR count). The summed E-state index contributed by atoms with van der Waals surface area (Å²) >= 11 is 0. The summed E-state index contributed by atoms with van der Waals surface area (Å²) in [5.74, 6) is -0.848. The molecule has 0 heterocycles. The summed E-state index contributed by atoms with van der Waals surface area (Å²) in [4.78, 5) is 50.0. The van der Waals surface area contributed by atoms with Crippen LogP contribution < -0.4 is 15.4 Å². The highest BCUT2D eigenvalue weighted by Crippen LogP contribution is 2.14. The van der Waals surface area contributed by atoms with Crippen molar-refractivity contribution < 1.29 is 28.7 Å². The van der Waals surface area contributed by atoms with E-state index < -0.39 is 17.8 Å². The maximum atomic E-state index is 12.7. The van der Waals surface area contributed by atoms with Gasteiger partial charge in [-0.05, 0) is 36.2 Å². The topological polar surface area (TPSA) is 114 Å². The summed E-state index contributed by atoms with van der Waals surface area (Å²) in [6, 6.07) is 16.1. The molecule has 0 spiro atoms. The first-order chi connectivity index (χ1) is 15.9. The lowest BCUT2D eigenvalue weighted by Gasteiger charge is -2.22. The van der Waals surface area contributed by atoms with Gasteiger partial charge in [-0.1, -0.05) is 30.3 Å². The molecule has 0 radical (unpaired) electrons. The predicted molar refractivity (Wildman–Crippen MR) is 122 cm³/mol. The van der Waals surface area contributed by atoms with Gasteiger partial charge in [-0.15, -0.1) is 0 Å². The molecule has 2 aromatic carbocycles. The molecule has 0 bridgehead atoms. The minimum Gasteiger partial charge on any atom is -0.497 e. The van der Waals surface area contributed by atoms with Crippen LogP contribution in [0, 0.1) is 0 Å². The molecule has 9 heteroatoms. The molecule has 0 unspecified atom stereocenters. The molecule has 0 aliphatic rings. The van der Waals surface area contributed by atoms with Gasteiger partial charge in [0, 0.05) is 25.1 Å². The Hall–Kier alpha value is -3.88. The number of hydrogen-bond donors (Lipinski definition) is 2. The van der Waals surface area contributed by atoms with Crippen molar-refractivity contribution in [3.8, 4) is 5.75 Å². The molecule has 2 aromatic rings. The average molecular weight is 456 g/mol. The van der Waals surface area contributed by atoms with Crippen LogP contribution in [0.15, 0.2) is 54.6 Å². The first-order valence-corrected chi connectivity index (χ1v) is 10.5. The molecule has 0 aromatic heterocycles. The lowest BCUT2D eigenvalue weighted by molar-refractivity contribution is -0.141. The van der Waals surface area contributed by atoms with Crippen molar-refractivity contribution >= 4 is 29.4 Å². The molecular weight excluding hydrogens is 426 g/mol. The SMILES string of the molecule is COC(=O)CCCC(=O)N(CC(=O)NCC(=O)Nc1ccc(OC)cc1)Cc1ccccc1. The molecule has 0 aliphatic heterocycles. The number of nitrogens with zero attached hydrogens (tertiary/aromatic N) is 1. The van der Waals surface area contributed by atoms with E-state index in [1.807, 2.05) is 30.3 Å². The first kappa shape index (κ1) is 25.4. The van der Waals surface area contributed by atoms with Crippen molar-refractivity contribution in [2.75, 3.05) is 32.6 Å². The quantitative estimate of drug-likeness (QED) is 0.474. The molecule has 33 heavy (non-hydrogen) atoms. The fourth-order valence-corrected chi connectivity index (χ4v) is 2.97. The number of rotatable bonds is 12. The molecule has 9 nitrogen and oxygen atoms in total. The molecule has 2 N–H and O–H groups in total. The third-order valence-electron chi connectivity index (χ3n) is 4.72. The maximum Gasteiger partial charge on any atom is 0.305 e. The minimum atomic E-state index is -0.461. The number of carbonyl (C=O) groups excluding carboxylic acids is 4. The molecule has 0 aliphatic carbocycles. The number of methoxy groups -OCH3 is 2. The average Bonchev–Trinajstić information content (AvgIpc) is 2.83. The number of ether oxygens (including phenoxy) is 2. The van der Waals surface area contributed by atoms with E-state index in [-0.39, 0.29) is 38.4 Å². The van der Waals surface area contributed by atoms with Crippen molar-refractivity contribution in [2.24, 2.45) is 0 Å². The van der Waals surface area contributed by atoms with Gasteiger partial charge in [0.25, 0.3) is 0 Å². The number of hydrogen-bond acceptors (Lipinski definition) is 6. The van der Waals surface area contributed by atoms with E-state index in [1.165, 1.54) is 12.0 Å². The number of amides is 3. The van der Waals surface area contributed by atoms with Gasteiger partial charge in [0.15, 0.2) is 0 Å². The van der Waals surface area contributed by atoms with Crippen LogP contribution >= 0.6 is 0 Å². The van der Waals surface area contributed by atoms with Gasteiger partial charge in [-0.25, -0.2) is 0 Å². The van der Waals surface area contributed by atoms with Crippen LogP contribution in [-0.4, -0.2) is 55.9 Å². The minimum absolute atomic E-state index is 0.104. The fourth-order valence-electron chi connectivity index (χ4n) is 2.97. The van der Waals surface area contributed by atoms with E-state index in [2.05, 4.69) is 15.4 Å². The van der Waals surface area contributed by atoms with Gasteiger partial charge >= 0.3 is 5.97 Å². The lowest BCUT2D eigenvalue weighted by Crippen LogP contribution is -2.42. The predicted octanol–water partition coefficient (Wildman–Crippen LogP) is 2.12. The molecule has 0 fully saturated rings. The Morgan fingerprint density at radius 3 is 2.21 bits per heavy atom. The maximum absolute atomic E-state index is 12.7. The number of nitrogens with one attached hydrogen (secondary N) is 2. The van der Waals surface area contributed by atoms with Crippen LogP contribution in [0.3, 0.4) is 0 Å². The Balaban J connectivity index is 1.88. The van der Waals surface area contributed by atoms with E-state index in [1.54, 1.807) is 31.4 Å². The summed E-state index contributed by atoms with van der Waals surface area (Å²) in [7, 11) is 2.84. The summed E-state index contributed by atoms with van der Waals surface area (Å²) < 4.78 is 9.66. The number of carbonyl (C=O) groups is 4. The van der Waals surface area contributed by atoms with Gasteiger partial charge in [0.05, 0.1) is 27.3 Å². The number of anilines is 1. The summed E-state index contributed by atoms with van der Waals surface area (Å²) in [6.07, 6.45) is 0.551. The monoisotopic (exact) mass is 455 g/mol. The van der Waals surface area contributed by atoms with Gasteiger partial charge in [0.2, 0.25) is 17.7 Å². The van der Waals surface area contributed by atoms with Crippen LogP contribution in [-0.2, 0) is 30.5 Å². The molecule has 176 valence electrons. The Kier molecular flexibility index (Phi) is 10.4. The highest BCUT2D eigenvalue weighted by molar-refractivity contribution is 5.95. The molecular formula is C24H29N3O6. The van der Waals surface area contributed by atoms with Gasteiger partial charge in [0.1, 0.15) is 5.75 Å². The van der Waals surface area contributed by atoms with E-state index in [9.17, 15) is 19.2 Å². The highest BCUT2D eigenvalue weighted by Gasteiger charge is 2.18. The normalized spacial score (nSPS) is 10.1. The fraction of sp³-hybridized carbons (Fsp3) is 0.333. The van der Waals surface area contributed by atoms with Crippen molar-refractivity contribution in [1.82, 2.24) is 10.2 Å². The highest BCUT2D eigenvalue weighted by atomic mass is 16.5. The van der Waals surface area contributed by atoms with Gasteiger partial charge in [-0.2, -0.15) is 0 Å². The van der Waals surface area contributed by atoms with Crippen molar-refractivity contribution in [3.63, 3.8) is 0 Å². The van der Waals surface area contributed by atoms with E-state index in [0.717, 1.165) is 5.56 Å². The Morgan fingerprint density at radius 2 is 1.58 bits per heavy atom. The first-order valence-electron chi connectivity index (χ1n) is 10.5. The second kappa shape index (κ2) is 13.5. The van der Waals surface area contributed by atoms with Crippen LogP contribution in [0.5, 0.6) is 5.75 Å². The van der Waals surface area contributed by atoms with Crippen molar-refractivity contribution in [3.05, 3.63) is 60.2 Å². The standard InChI is InChI=1S/C24H29N3O6/c1-32-20-13-11-19(12-14-20)26-21(28)15-25-22(29)17-27(16-18-7-4-3-5-8-18)23(30)9-6-10-24(31)33-2/h3-5,7-8,11-14H,6,9-10,15-17H2,1-2H3,(H,25,29)(H,26,28). The molecule has 0 atom stereocenters. The lowest BCUT2D eigenvalue weighted by atomic mass is 10.1. The number of esters is 1. The van der Waals surface area contributed by atoms with Crippen LogP contribution in [0.25, 0.3) is 0 Å². The smallest absolute Gasteiger partial charge is 0.305 e. The van der Waals surface area contributed by atoms with E-state index in [4.69, 9.17) is 4.74 Å². The number of benzene rings is 2. The van der Waals surface area contributed by atoms with Crippen LogP contribution in [0.4, 0.5) is 5.69 Å². The van der Waals surface area contributed by atoms with E-state index >= 15 is 0 Å².